The molecule has 1 heterocycles. The van der Waals surface area contributed by atoms with E-state index in [9.17, 15) is 0 Å². The molecule has 2 N–H and O–H groups in total. The first kappa shape index (κ1) is 11.0. The molecule has 16 heavy (non-hydrogen) atoms. The van der Waals surface area contributed by atoms with Crippen LogP contribution in [0.25, 0.3) is 10.9 Å². The van der Waals surface area contributed by atoms with Crippen LogP contribution in [0, 0.1) is 6.92 Å². The van der Waals surface area contributed by atoms with E-state index in [-0.39, 0.29) is 0 Å². The number of hydrogen-bond acceptors (Lipinski definition) is 2. The maximum Gasteiger partial charge on any atom is 0.143 e. The molecular weight excluding hydrogens is 200 g/mol. The van der Waals surface area contributed by atoms with Gasteiger partial charge in [-0.25, -0.2) is 0 Å². The minimum absolute atomic E-state index is 0.558. The molecule has 86 valence electrons. The minimum Gasteiger partial charge on any atom is -0.492 e. The summed E-state index contributed by atoms with van der Waals surface area (Å²) < 4.78 is 7.79. The van der Waals surface area contributed by atoms with Gasteiger partial charge in [-0.3, -0.25) is 0 Å². The molecule has 1 aromatic heterocycles. The normalized spacial score (nSPS) is 11.0. The number of nitrogens with two attached hydrogens (primary N) is 1. The fourth-order valence-corrected chi connectivity index (χ4v) is 2.27. The van der Waals surface area contributed by atoms with Gasteiger partial charge in [-0.05, 0) is 25.5 Å². The summed E-state index contributed by atoms with van der Waals surface area (Å²) in [6.07, 6.45) is 0. The van der Waals surface area contributed by atoms with Gasteiger partial charge in [-0.1, -0.05) is 12.1 Å². The van der Waals surface area contributed by atoms with Crippen LogP contribution in [0.5, 0.6) is 5.75 Å². The second-order valence-corrected chi connectivity index (χ2v) is 3.92. The van der Waals surface area contributed by atoms with Gasteiger partial charge in [0.2, 0.25) is 0 Å². The third kappa shape index (κ3) is 1.48. The Morgan fingerprint density at radius 3 is 2.75 bits per heavy atom. The van der Waals surface area contributed by atoms with Crippen molar-refractivity contribution in [2.75, 3.05) is 6.61 Å². The highest BCUT2D eigenvalue weighted by Gasteiger charge is 2.13. The number of ether oxygens (including phenoxy) is 1. The Morgan fingerprint density at radius 2 is 2.12 bits per heavy atom. The number of nitrogens with zero attached hydrogens (tertiary/aromatic N) is 1. The van der Waals surface area contributed by atoms with Crippen molar-refractivity contribution in [3.05, 3.63) is 29.5 Å². The maximum absolute atomic E-state index is 5.78. The first-order valence-electron chi connectivity index (χ1n) is 5.60. The summed E-state index contributed by atoms with van der Waals surface area (Å²) in [6.45, 7) is 5.35. The molecule has 2 rings (SSSR count). The van der Waals surface area contributed by atoms with Gasteiger partial charge >= 0.3 is 0 Å². The van der Waals surface area contributed by atoms with Crippen LogP contribution in [0.1, 0.15) is 18.2 Å². The number of fused-ring (bicyclic) bond motifs is 1. The molecule has 0 aliphatic rings. The van der Waals surface area contributed by atoms with Crippen molar-refractivity contribution in [2.45, 2.75) is 20.4 Å². The summed E-state index contributed by atoms with van der Waals surface area (Å²) in [4.78, 5) is 0. The maximum atomic E-state index is 5.78. The summed E-state index contributed by atoms with van der Waals surface area (Å²) in [6, 6.07) is 6.15. The van der Waals surface area contributed by atoms with Crippen molar-refractivity contribution >= 4 is 10.9 Å². The minimum atomic E-state index is 0.558. The molecule has 0 amide bonds. The first-order chi connectivity index (χ1) is 7.70. The molecule has 0 aliphatic heterocycles. The number of para-hydroxylation sites is 1. The number of benzene rings is 1. The van der Waals surface area contributed by atoms with Crippen LogP contribution in [-0.4, -0.2) is 11.2 Å². The molecule has 2 aromatic rings. The highest BCUT2D eigenvalue weighted by atomic mass is 16.5. The summed E-state index contributed by atoms with van der Waals surface area (Å²) in [7, 11) is 2.04. The third-order valence-corrected chi connectivity index (χ3v) is 3.07. The average Bonchev–Trinajstić information content (AvgIpc) is 2.53. The second kappa shape index (κ2) is 4.18. The Labute approximate surface area is 95.8 Å². The second-order valence-electron chi connectivity index (χ2n) is 3.92. The molecule has 0 aliphatic carbocycles. The Bertz CT molecular complexity index is 514. The van der Waals surface area contributed by atoms with Gasteiger partial charge in [0.15, 0.2) is 0 Å². The molecular formula is C13H18N2O. The molecule has 3 heteroatoms. The number of hydrogen-bond donors (Lipinski definition) is 1. The monoisotopic (exact) mass is 218 g/mol. The van der Waals surface area contributed by atoms with Crippen molar-refractivity contribution < 1.29 is 4.74 Å². The van der Waals surface area contributed by atoms with Gasteiger partial charge in [-0.2, -0.15) is 0 Å². The highest BCUT2D eigenvalue weighted by Crippen LogP contribution is 2.31. The van der Waals surface area contributed by atoms with Crippen molar-refractivity contribution in [1.82, 2.24) is 4.57 Å². The largest absolute Gasteiger partial charge is 0.492 e. The van der Waals surface area contributed by atoms with E-state index in [4.69, 9.17) is 10.5 Å². The van der Waals surface area contributed by atoms with Gasteiger partial charge in [0.1, 0.15) is 5.75 Å². The first-order valence-corrected chi connectivity index (χ1v) is 5.60. The Morgan fingerprint density at radius 1 is 1.38 bits per heavy atom. The van der Waals surface area contributed by atoms with E-state index in [1.165, 1.54) is 16.6 Å². The van der Waals surface area contributed by atoms with Crippen LogP contribution in [0.15, 0.2) is 18.2 Å². The molecule has 0 bridgehead atoms. The smallest absolute Gasteiger partial charge is 0.143 e. The summed E-state index contributed by atoms with van der Waals surface area (Å²) in [5.41, 5.74) is 9.34. The Hall–Kier alpha value is -1.48. The van der Waals surface area contributed by atoms with Gasteiger partial charge in [-0.15, -0.1) is 0 Å². The van der Waals surface area contributed by atoms with E-state index >= 15 is 0 Å². The fraction of sp³-hybridized carbons (Fsp3) is 0.385. The number of rotatable bonds is 3. The van der Waals surface area contributed by atoms with Crippen molar-refractivity contribution in [3.63, 3.8) is 0 Å². The van der Waals surface area contributed by atoms with E-state index in [1.807, 2.05) is 26.1 Å². The average molecular weight is 218 g/mol. The lowest BCUT2D eigenvalue weighted by molar-refractivity contribution is 0.343. The van der Waals surface area contributed by atoms with E-state index in [0.717, 1.165) is 11.3 Å². The highest BCUT2D eigenvalue weighted by molar-refractivity contribution is 5.90. The van der Waals surface area contributed by atoms with Crippen LogP contribution >= 0.6 is 0 Å². The molecule has 0 fully saturated rings. The lowest BCUT2D eigenvalue weighted by Gasteiger charge is -2.07. The summed E-state index contributed by atoms with van der Waals surface area (Å²) in [5, 5.41) is 1.23. The number of aryl methyl sites for hydroxylation is 2. The molecule has 3 nitrogen and oxygen atoms in total. The SMILES string of the molecule is CCOc1cccc2c(C)c(CN)n(C)c12. The van der Waals surface area contributed by atoms with Crippen LogP contribution in [0.4, 0.5) is 0 Å². The predicted molar refractivity (Wildman–Crippen MR) is 66.7 cm³/mol. The van der Waals surface area contributed by atoms with Crippen LogP contribution in [-0.2, 0) is 13.6 Å². The molecule has 0 unspecified atom stereocenters. The van der Waals surface area contributed by atoms with Crippen molar-refractivity contribution in [1.29, 1.82) is 0 Å². The molecule has 0 saturated heterocycles. The molecule has 0 atom stereocenters. The zero-order valence-electron chi connectivity index (χ0n) is 10.1. The van der Waals surface area contributed by atoms with E-state index in [0.29, 0.717) is 13.2 Å². The van der Waals surface area contributed by atoms with Crippen LogP contribution in [0.2, 0.25) is 0 Å². The quantitative estimate of drug-likeness (QED) is 0.859. The zero-order chi connectivity index (χ0) is 11.7. The van der Waals surface area contributed by atoms with Gasteiger partial charge in [0, 0.05) is 24.7 Å². The third-order valence-electron chi connectivity index (χ3n) is 3.07. The Kier molecular flexibility index (Phi) is 2.88. The summed E-state index contributed by atoms with van der Waals surface area (Å²) >= 11 is 0. The van der Waals surface area contributed by atoms with Crippen LogP contribution < -0.4 is 10.5 Å². The molecule has 0 spiro atoms. The van der Waals surface area contributed by atoms with Gasteiger partial charge in [0.05, 0.1) is 12.1 Å². The van der Waals surface area contributed by atoms with E-state index in [2.05, 4.69) is 17.6 Å². The van der Waals surface area contributed by atoms with Crippen molar-refractivity contribution in [3.8, 4) is 5.75 Å². The van der Waals surface area contributed by atoms with Gasteiger partial charge in [0.25, 0.3) is 0 Å². The van der Waals surface area contributed by atoms with E-state index in [1.54, 1.807) is 0 Å². The Balaban J connectivity index is 2.77. The predicted octanol–water partition coefficient (Wildman–Crippen LogP) is 2.34. The van der Waals surface area contributed by atoms with Crippen LogP contribution in [0.3, 0.4) is 0 Å². The standard InChI is InChI=1S/C13H18N2O/c1-4-16-12-7-5-6-10-9(2)11(8-14)15(3)13(10)12/h5-7H,4,8,14H2,1-3H3. The molecule has 1 aromatic carbocycles. The van der Waals surface area contributed by atoms with Crippen molar-refractivity contribution in [2.24, 2.45) is 12.8 Å². The topological polar surface area (TPSA) is 40.2 Å². The number of aromatic nitrogens is 1. The lowest BCUT2D eigenvalue weighted by Crippen LogP contribution is -2.05. The summed E-state index contributed by atoms with van der Waals surface area (Å²) in [5.74, 6) is 0.935. The van der Waals surface area contributed by atoms with E-state index < -0.39 is 0 Å². The zero-order valence-corrected chi connectivity index (χ0v) is 10.1. The van der Waals surface area contributed by atoms with Gasteiger partial charge < -0.3 is 15.0 Å². The lowest BCUT2D eigenvalue weighted by atomic mass is 10.1. The molecule has 0 saturated carbocycles. The fourth-order valence-electron chi connectivity index (χ4n) is 2.27. The molecule has 0 radical (unpaired) electrons.